The first-order valence-electron chi connectivity index (χ1n) is 5.70. The highest BCUT2D eigenvalue weighted by Crippen LogP contribution is 2.28. The van der Waals surface area contributed by atoms with Crippen LogP contribution in [0.3, 0.4) is 0 Å². The van der Waals surface area contributed by atoms with Crippen LogP contribution in [0.1, 0.15) is 5.56 Å². The number of halogens is 3. The van der Waals surface area contributed by atoms with Crippen molar-refractivity contribution >= 4 is 35.0 Å². The Bertz CT molecular complexity index is 862. The van der Waals surface area contributed by atoms with E-state index < -0.39 is 11.6 Å². The van der Waals surface area contributed by atoms with Crippen molar-refractivity contribution < 1.29 is 8.78 Å². The second-order valence-corrected chi connectivity index (χ2v) is 5.10. The number of aryl methyl sites for hydroxylation is 1. The van der Waals surface area contributed by atoms with Gasteiger partial charge in [0.25, 0.3) is 0 Å². The molecule has 3 aromatic rings. The van der Waals surface area contributed by atoms with Gasteiger partial charge < -0.3 is 4.98 Å². The van der Waals surface area contributed by atoms with Gasteiger partial charge in [-0.1, -0.05) is 11.6 Å². The minimum atomic E-state index is -0.796. The van der Waals surface area contributed by atoms with Crippen LogP contribution in [0.15, 0.2) is 24.4 Å². The number of hydrogen-bond donors (Lipinski definition) is 1. The molecular formula is C13H8ClF2N3S. The number of fused-ring (bicyclic) bond motifs is 1. The average Bonchev–Trinajstić information content (AvgIpc) is 2.67. The van der Waals surface area contributed by atoms with Gasteiger partial charge >= 0.3 is 0 Å². The van der Waals surface area contributed by atoms with Crippen LogP contribution in [0, 0.1) is 23.3 Å². The molecule has 7 heteroatoms. The minimum absolute atomic E-state index is 0.0117. The van der Waals surface area contributed by atoms with E-state index in [0.717, 1.165) is 17.7 Å². The van der Waals surface area contributed by atoms with Crippen LogP contribution in [0.5, 0.6) is 0 Å². The summed E-state index contributed by atoms with van der Waals surface area (Å²) in [5, 5.41) is -0.0668. The van der Waals surface area contributed by atoms with Crippen molar-refractivity contribution in [2.75, 3.05) is 0 Å². The number of imidazole rings is 1. The Kier molecular flexibility index (Phi) is 3.07. The zero-order chi connectivity index (χ0) is 14.4. The Morgan fingerprint density at radius 1 is 1.35 bits per heavy atom. The molecule has 0 saturated carbocycles. The maximum absolute atomic E-state index is 14.0. The second-order valence-electron chi connectivity index (χ2n) is 4.31. The average molecular weight is 312 g/mol. The van der Waals surface area contributed by atoms with Gasteiger partial charge in [0.2, 0.25) is 0 Å². The molecule has 0 radical (unpaired) electrons. The zero-order valence-electron chi connectivity index (χ0n) is 10.2. The number of aromatic nitrogens is 3. The van der Waals surface area contributed by atoms with E-state index in [1.165, 1.54) is 4.57 Å². The fraction of sp³-hybridized carbons (Fsp3) is 0.0769. The first kappa shape index (κ1) is 13.2. The molecule has 0 aliphatic heterocycles. The molecule has 0 aliphatic rings. The lowest BCUT2D eigenvalue weighted by molar-refractivity contribution is 0.578. The number of H-pyrrole nitrogens is 1. The molecule has 2 aromatic heterocycles. The molecular weight excluding hydrogens is 304 g/mol. The quantitative estimate of drug-likeness (QED) is 0.679. The van der Waals surface area contributed by atoms with Crippen LogP contribution in [-0.2, 0) is 0 Å². The number of benzene rings is 1. The summed E-state index contributed by atoms with van der Waals surface area (Å²) < 4.78 is 28.8. The molecule has 1 aromatic carbocycles. The maximum Gasteiger partial charge on any atom is 0.184 e. The van der Waals surface area contributed by atoms with E-state index in [1.807, 2.05) is 6.92 Å². The third-order valence-electron chi connectivity index (χ3n) is 2.99. The predicted octanol–water partition coefficient (Wildman–Crippen LogP) is 4.32. The van der Waals surface area contributed by atoms with E-state index in [4.69, 9.17) is 23.8 Å². The predicted molar refractivity (Wildman–Crippen MR) is 75.9 cm³/mol. The van der Waals surface area contributed by atoms with Crippen molar-refractivity contribution in [3.8, 4) is 5.69 Å². The summed E-state index contributed by atoms with van der Waals surface area (Å²) in [5.74, 6) is -1.54. The SMILES string of the molecule is Cc1ccnc2c1[nH]c(=S)n2-c1c(F)cc(F)cc1Cl. The van der Waals surface area contributed by atoms with Crippen LogP contribution in [0.25, 0.3) is 16.9 Å². The van der Waals surface area contributed by atoms with Crippen molar-refractivity contribution in [2.45, 2.75) is 6.92 Å². The van der Waals surface area contributed by atoms with Crippen LogP contribution in [0.2, 0.25) is 5.02 Å². The van der Waals surface area contributed by atoms with Crippen LogP contribution < -0.4 is 0 Å². The second kappa shape index (κ2) is 4.64. The summed E-state index contributed by atoms with van der Waals surface area (Å²) in [6.45, 7) is 1.88. The summed E-state index contributed by atoms with van der Waals surface area (Å²) in [5.41, 5.74) is 2.04. The molecule has 0 amide bonds. The van der Waals surface area contributed by atoms with Crippen molar-refractivity contribution in [1.82, 2.24) is 14.5 Å². The summed E-state index contributed by atoms with van der Waals surface area (Å²) in [6.07, 6.45) is 1.59. The number of pyridine rings is 1. The first-order chi connectivity index (χ1) is 9.49. The molecule has 20 heavy (non-hydrogen) atoms. The Morgan fingerprint density at radius 2 is 2.10 bits per heavy atom. The van der Waals surface area contributed by atoms with Gasteiger partial charge in [-0.3, -0.25) is 4.57 Å². The lowest BCUT2D eigenvalue weighted by Gasteiger charge is -2.08. The van der Waals surface area contributed by atoms with Crippen LogP contribution >= 0.6 is 23.8 Å². The molecule has 0 aliphatic carbocycles. The highest BCUT2D eigenvalue weighted by atomic mass is 35.5. The molecule has 3 nitrogen and oxygen atoms in total. The fourth-order valence-corrected chi connectivity index (χ4v) is 2.64. The highest BCUT2D eigenvalue weighted by Gasteiger charge is 2.17. The van der Waals surface area contributed by atoms with E-state index in [0.29, 0.717) is 11.2 Å². The van der Waals surface area contributed by atoms with E-state index in [-0.39, 0.29) is 15.5 Å². The van der Waals surface area contributed by atoms with Gasteiger partial charge in [-0.05, 0) is 36.8 Å². The molecule has 0 fully saturated rings. The third-order valence-corrected chi connectivity index (χ3v) is 3.56. The third kappa shape index (κ3) is 1.92. The lowest BCUT2D eigenvalue weighted by Crippen LogP contribution is -2.01. The van der Waals surface area contributed by atoms with E-state index in [2.05, 4.69) is 9.97 Å². The van der Waals surface area contributed by atoms with Crippen molar-refractivity contribution in [3.63, 3.8) is 0 Å². The standard InChI is InChI=1S/C13H8ClF2N3S/c1-6-2-3-17-12-10(6)18-13(20)19(12)11-8(14)4-7(15)5-9(11)16/h2-5H,1H3,(H,18,20). The minimum Gasteiger partial charge on any atom is -0.329 e. The monoisotopic (exact) mass is 311 g/mol. The van der Waals surface area contributed by atoms with Gasteiger partial charge in [0, 0.05) is 12.3 Å². The summed E-state index contributed by atoms with van der Waals surface area (Å²) in [7, 11) is 0. The zero-order valence-corrected chi connectivity index (χ0v) is 11.8. The molecule has 3 rings (SSSR count). The number of hydrogen-bond acceptors (Lipinski definition) is 2. The summed E-state index contributed by atoms with van der Waals surface area (Å²) in [4.78, 5) is 7.15. The highest BCUT2D eigenvalue weighted by molar-refractivity contribution is 7.71. The molecule has 2 heterocycles. The maximum atomic E-state index is 14.0. The lowest BCUT2D eigenvalue weighted by atomic mass is 10.2. The van der Waals surface area contributed by atoms with E-state index >= 15 is 0 Å². The smallest absolute Gasteiger partial charge is 0.184 e. The largest absolute Gasteiger partial charge is 0.329 e. The molecule has 0 atom stereocenters. The Labute approximate surface area is 122 Å². The van der Waals surface area contributed by atoms with Gasteiger partial charge in [0.1, 0.15) is 11.5 Å². The van der Waals surface area contributed by atoms with E-state index in [9.17, 15) is 8.78 Å². The normalized spacial score (nSPS) is 11.2. The number of nitrogens with one attached hydrogen (secondary N) is 1. The summed E-state index contributed by atoms with van der Waals surface area (Å²) >= 11 is 11.1. The first-order valence-corrected chi connectivity index (χ1v) is 6.49. The van der Waals surface area contributed by atoms with Gasteiger partial charge in [-0.2, -0.15) is 0 Å². The molecule has 1 N–H and O–H groups in total. The van der Waals surface area contributed by atoms with Crippen LogP contribution in [0.4, 0.5) is 8.78 Å². The Morgan fingerprint density at radius 3 is 2.80 bits per heavy atom. The van der Waals surface area contributed by atoms with E-state index in [1.54, 1.807) is 12.3 Å². The molecule has 0 saturated heterocycles. The van der Waals surface area contributed by atoms with Gasteiger partial charge in [-0.25, -0.2) is 13.8 Å². The van der Waals surface area contributed by atoms with Crippen molar-refractivity contribution in [3.05, 3.63) is 51.4 Å². The van der Waals surface area contributed by atoms with Crippen molar-refractivity contribution in [1.29, 1.82) is 0 Å². The molecule has 0 bridgehead atoms. The fourth-order valence-electron chi connectivity index (χ4n) is 2.08. The van der Waals surface area contributed by atoms with Gasteiger partial charge in [0.05, 0.1) is 10.5 Å². The number of rotatable bonds is 1. The Balaban J connectivity index is 2.45. The van der Waals surface area contributed by atoms with Crippen LogP contribution in [-0.4, -0.2) is 14.5 Å². The molecule has 0 spiro atoms. The summed E-state index contributed by atoms with van der Waals surface area (Å²) in [6, 6.07) is 3.61. The van der Waals surface area contributed by atoms with Crippen molar-refractivity contribution in [2.24, 2.45) is 0 Å². The molecule has 0 unspecified atom stereocenters. The van der Waals surface area contributed by atoms with Gasteiger partial charge in [0.15, 0.2) is 16.2 Å². The molecule has 102 valence electrons. The Hall–Kier alpha value is -1.79. The topological polar surface area (TPSA) is 33.6 Å². The van der Waals surface area contributed by atoms with Gasteiger partial charge in [-0.15, -0.1) is 0 Å². The number of nitrogens with zero attached hydrogens (tertiary/aromatic N) is 2. The number of aromatic amines is 1.